The number of ether oxygens (including phenoxy) is 1. The molecule has 0 aromatic heterocycles. The summed E-state index contributed by atoms with van der Waals surface area (Å²) in [6.45, 7) is 5.92. The molecule has 2 nitrogen and oxygen atoms in total. The Hall–Kier alpha value is -1.74. The summed E-state index contributed by atoms with van der Waals surface area (Å²) >= 11 is 5.75. The number of hydrogen-bond donors (Lipinski definition) is 1. The normalized spacial score (nSPS) is 10.6. The van der Waals surface area contributed by atoms with Gasteiger partial charge in [-0.2, -0.15) is 0 Å². The molecule has 0 radical (unpaired) electrons. The van der Waals surface area contributed by atoms with Crippen molar-refractivity contribution in [2.75, 3.05) is 5.73 Å². The van der Waals surface area contributed by atoms with Gasteiger partial charge >= 0.3 is 0 Å². The fourth-order valence-corrected chi connectivity index (χ4v) is 1.98. The van der Waals surface area contributed by atoms with Crippen LogP contribution in [0.3, 0.4) is 0 Å². The van der Waals surface area contributed by atoms with Crippen LogP contribution < -0.4 is 10.5 Å². The molecular weight excluding hydrogens is 265 g/mol. The number of nitrogen functional groups attached to an aromatic ring is 1. The van der Waals surface area contributed by atoms with Gasteiger partial charge in [-0.15, -0.1) is 0 Å². The van der Waals surface area contributed by atoms with Crippen LogP contribution >= 0.6 is 11.6 Å². The van der Waals surface area contributed by atoms with Gasteiger partial charge in [0.15, 0.2) is 5.75 Å². The second kappa shape index (κ2) is 5.10. The van der Waals surface area contributed by atoms with Crippen molar-refractivity contribution < 1.29 is 9.13 Å². The number of aryl methyl sites for hydroxylation is 2. The zero-order chi connectivity index (χ0) is 14.2. The Kier molecular flexibility index (Phi) is 3.67. The summed E-state index contributed by atoms with van der Waals surface area (Å²) in [4.78, 5) is 0. The van der Waals surface area contributed by atoms with E-state index in [0.717, 1.165) is 28.5 Å². The Morgan fingerprint density at radius 3 is 2.42 bits per heavy atom. The van der Waals surface area contributed by atoms with Gasteiger partial charge in [0.1, 0.15) is 11.6 Å². The van der Waals surface area contributed by atoms with Crippen LogP contribution in [0.25, 0.3) is 0 Å². The van der Waals surface area contributed by atoms with Gasteiger partial charge in [0.25, 0.3) is 0 Å². The molecule has 0 atom stereocenters. The molecule has 0 spiro atoms. The summed E-state index contributed by atoms with van der Waals surface area (Å²) in [6, 6.07) is 6.56. The highest BCUT2D eigenvalue weighted by Crippen LogP contribution is 2.35. The first-order valence-corrected chi connectivity index (χ1v) is 6.27. The first-order chi connectivity index (χ1) is 8.90. The van der Waals surface area contributed by atoms with E-state index >= 15 is 0 Å². The first-order valence-electron chi connectivity index (χ1n) is 5.89. The third-order valence-corrected chi connectivity index (χ3v) is 3.43. The van der Waals surface area contributed by atoms with Crippen LogP contribution in [0.5, 0.6) is 11.5 Å². The number of nitrogens with two attached hydrogens (primary N) is 1. The Labute approximate surface area is 117 Å². The van der Waals surface area contributed by atoms with Crippen LogP contribution in [0.15, 0.2) is 24.3 Å². The highest BCUT2D eigenvalue weighted by atomic mass is 35.5. The lowest BCUT2D eigenvalue weighted by molar-refractivity contribution is 0.475. The van der Waals surface area contributed by atoms with Gasteiger partial charge in [0.2, 0.25) is 0 Å². The quantitative estimate of drug-likeness (QED) is 0.803. The Morgan fingerprint density at radius 1 is 1.11 bits per heavy atom. The molecular formula is C15H15ClFNO. The van der Waals surface area contributed by atoms with E-state index in [1.54, 1.807) is 0 Å². The maximum absolute atomic E-state index is 13.3. The third-order valence-electron chi connectivity index (χ3n) is 3.14. The summed E-state index contributed by atoms with van der Waals surface area (Å²) in [7, 11) is 0. The number of hydrogen-bond acceptors (Lipinski definition) is 2. The molecule has 0 aliphatic rings. The molecule has 2 N–H and O–H groups in total. The third kappa shape index (κ3) is 2.66. The van der Waals surface area contributed by atoms with Crippen molar-refractivity contribution in [3.8, 4) is 11.5 Å². The first kappa shape index (κ1) is 13.7. The van der Waals surface area contributed by atoms with Crippen molar-refractivity contribution in [3.05, 3.63) is 51.8 Å². The zero-order valence-corrected chi connectivity index (χ0v) is 11.8. The molecule has 19 heavy (non-hydrogen) atoms. The molecule has 0 aliphatic heterocycles. The van der Waals surface area contributed by atoms with Crippen LogP contribution in [0.1, 0.15) is 16.7 Å². The van der Waals surface area contributed by atoms with E-state index in [1.807, 2.05) is 32.9 Å². The molecule has 0 bridgehead atoms. The van der Waals surface area contributed by atoms with Gasteiger partial charge in [-0.3, -0.25) is 0 Å². The maximum atomic E-state index is 13.3. The predicted octanol–water partition coefficient (Wildman–Crippen LogP) is 4.78. The summed E-state index contributed by atoms with van der Waals surface area (Å²) in [5, 5.41) is -0.00726. The average molecular weight is 280 g/mol. The molecule has 0 unspecified atom stereocenters. The monoisotopic (exact) mass is 279 g/mol. The van der Waals surface area contributed by atoms with E-state index < -0.39 is 5.82 Å². The smallest absolute Gasteiger partial charge is 0.152 e. The van der Waals surface area contributed by atoms with E-state index in [2.05, 4.69) is 0 Å². The van der Waals surface area contributed by atoms with Crippen LogP contribution in [-0.4, -0.2) is 0 Å². The van der Waals surface area contributed by atoms with Gasteiger partial charge in [-0.1, -0.05) is 23.7 Å². The highest BCUT2D eigenvalue weighted by molar-refractivity contribution is 6.31. The minimum absolute atomic E-state index is 0.00726. The topological polar surface area (TPSA) is 35.2 Å². The standard InChI is InChI=1S/C15H15ClFNO/c1-8-4-5-9(2)15(10(8)3)19-14-6-11(16)12(17)7-13(14)18/h4-7H,18H2,1-3H3. The molecule has 100 valence electrons. The van der Waals surface area contributed by atoms with E-state index in [4.69, 9.17) is 22.1 Å². The van der Waals surface area contributed by atoms with E-state index in [-0.39, 0.29) is 10.7 Å². The summed E-state index contributed by atoms with van der Waals surface area (Å²) in [5.41, 5.74) is 9.11. The van der Waals surface area contributed by atoms with Gasteiger partial charge in [0.05, 0.1) is 10.7 Å². The van der Waals surface area contributed by atoms with Crippen LogP contribution in [0, 0.1) is 26.6 Å². The average Bonchev–Trinajstić information content (AvgIpc) is 2.36. The second-order valence-electron chi connectivity index (χ2n) is 4.56. The number of rotatable bonds is 2. The van der Waals surface area contributed by atoms with Crippen molar-refractivity contribution >= 4 is 17.3 Å². The lowest BCUT2D eigenvalue weighted by atomic mass is 10.1. The molecule has 0 heterocycles. The fraction of sp³-hybridized carbons (Fsp3) is 0.200. The highest BCUT2D eigenvalue weighted by Gasteiger charge is 2.12. The molecule has 0 fully saturated rings. The molecule has 4 heteroatoms. The van der Waals surface area contributed by atoms with E-state index in [1.165, 1.54) is 6.07 Å². The van der Waals surface area contributed by atoms with Crippen molar-refractivity contribution in [2.24, 2.45) is 0 Å². The summed E-state index contributed by atoms with van der Waals surface area (Å²) in [6.07, 6.45) is 0. The number of halogens is 2. The van der Waals surface area contributed by atoms with Crippen molar-refractivity contribution in [3.63, 3.8) is 0 Å². The van der Waals surface area contributed by atoms with E-state index in [0.29, 0.717) is 5.75 Å². The predicted molar refractivity (Wildman–Crippen MR) is 76.5 cm³/mol. The molecule has 0 saturated carbocycles. The van der Waals surface area contributed by atoms with Crippen molar-refractivity contribution in [1.82, 2.24) is 0 Å². The lowest BCUT2D eigenvalue weighted by Crippen LogP contribution is -1.97. The molecule has 2 rings (SSSR count). The molecule has 0 amide bonds. The van der Waals surface area contributed by atoms with Crippen molar-refractivity contribution in [2.45, 2.75) is 20.8 Å². The maximum Gasteiger partial charge on any atom is 0.152 e. The number of benzene rings is 2. The Bertz CT molecular complexity index is 641. The Morgan fingerprint density at radius 2 is 1.74 bits per heavy atom. The molecule has 2 aromatic rings. The van der Waals surface area contributed by atoms with Gasteiger partial charge in [0, 0.05) is 12.1 Å². The largest absolute Gasteiger partial charge is 0.455 e. The van der Waals surface area contributed by atoms with Gasteiger partial charge in [-0.25, -0.2) is 4.39 Å². The van der Waals surface area contributed by atoms with Gasteiger partial charge < -0.3 is 10.5 Å². The molecule has 0 saturated heterocycles. The molecule has 2 aromatic carbocycles. The minimum Gasteiger partial charge on any atom is -0.455 e. The van der Waals surface area contributed by atoms with Crippen LogP contribution in [0.2, 0.25) is 5.02 Å². The SMILES string of the molecule is Cc1ccc(C)c(Oc2cc(Cl)c(F)cc2N)c1C. The zero-order valence-electron chi connectivity index (χ0n) is 11.1. The van der Waals surface area contributed by atoms with E-state index in [9.17, 15) is 4.39 Å². The van der Waals surface area contributed by atoms with Gasteiger partial charge in [-0.05, 0) is 37.5 Å². The number of anilines is 1. The van der Waals surface area contributed by atoms with Crippen LogP contribution in [0.4, 0.5) is 10.1 Å². The summed E-state index contributed by atoms with van der Waals surface area (Å²) in [5.74, 6) is 0.543. The van der Waals surface area contributed by atoms with Crippen molar-refractivity contribution in [1.29, 1.82) is 0 Å². The van der Waals surface area contributed by atoms with Crippen LogP contribution in [-0.2, 0) is 0 Å². The fourth-order valence-electron chi connectivity index (χ4n) is 1.82. The minimum atomic E-state index is -0.552. The lowest BCUT2D eigenvalue weighted by Gasteiger charge is -2.15. The Balaban J connectivity index is 2.48. The summed E-state index contributed by atoms with van der Waals surface area (Å²) < 4.78 is 19.1. The second-order valence-corrected chi connectivity index (χ2v) is 4.97. The molecule has 0 aliphatic carbocycles.